The Morgan fingerprint density at radius 3 is 2.69 bits per heavy atom. The number of benzene rings is 1. The molecular formula is C11H13NO4. The highest BCUT2D eigenvalue weighted by Crippen LogP contribution is 2.00. The van der Waals surface area contributed by atoms with Gasteiger partial charge in [-0.05, 0) is 5.56 Å². The Balaban J connectivity index is 2.33. The van der Waals surface area contributed by atoms with Gasteiger partial charge < -0.3 is 15.2 Å². The lowest BCUT2D eigenvalue weighted by molar-refractivity contribution is -0.142. The van der Waals surface area contributed by atoms with E-state index in [2.05, 4.69) is 5.32 Å². The number of hydrogen-bond acceptors (Lipinski definition) is 3. The molecule has 1 atom stereocenters. The van der Waals surface area contributed by atoms with Crippen LogP contribution in [0, 0.1) is 0 Å². The largest absolute Gasteiger partial charge is 0.480 e. The van der Waals surface area contributed by atoms with Crippen LogP contribution in [0.3, 0.4) is 0 Å². The number of carbonyl (C=O) groups excluding carboxylic acids is 1. The van der Waals surface area contributed by atoms with E-state index >= 15 is 0 Å². The molecule has 1 amide bonds. The van der Waals surface area contributed by atoms with Crippen LogP contribution in [0.4, 0.5) is 0 Å². The second kappa shape index (κ2) is 6.58. The Kier molecular flexibility index (Phi) is 5.01. The minimum absolute atomic E-state index is 0.0526. The summed E-state index contributed by atoms with van der Waals surface area (Å²) in [5.74, 6) is -1.11. The van der Waals surface area contributed by atoms with E-state index in [0.717, 1.165) is 5.56 Å². The highest BCUT2D eigenvalue weighted by atomic mass is 16.5. The molecule has 0 aliphatic heterocycles. The first-order valence-electron chi connectivity index (χ1n) is 4.78. The first kappa shape index (κ1) is 12.2. The van der Waals surface area contributed by atoms with Crippen LogP contribution in [-0.2, 0) is 20.9 Å². The fraction of sp³-hybridized carbons (Fsp3) is 0.273. The zero-order chi connectivity index (χ0) is 11.8. The summed E-state index contributed by atoms with van der Waals surface area (Å²) in [6.45, 7) is 0.272. The van der Waals surface area contributed by atoms with Crippen molar-refractivity contribution in [3.8, 4) is 0 Å². The lowest BCUT2D eigenvalue weighted by atomic mass is 10.2. The molecule has 16 heavy (non-hydrogen) atoms. The molecule has 0 saturated carbocycles. The van der Waals surface area contributed by atoms with Gasteiger partial charge in [0.25, 0.3) is 0 Å². The first-order chi connectivity index (χ1) is 7.74. The lowest BCUT2D eigenvalue weighted by Crippen LogP contribution is -2.39. The van der Waals surface area contributed by atoms with Crippen LogP contribution in [0.1, 0.15) is 5.56 Å². The van der Waals surface area contributed by atoms with Crippen molar-refractivity contribution in [2.75, 3.05) is 6.61 Å². The number of ether oxygens (including phenoxy) is 1. The van der Waals surface area contributed by atoms with Crippen molar-refractivity contribution < 1.29 is 19.4 Å². The van der Waals surface area contributed by atoms with E-state index in [1.807, 2.05) is 30.3 Å². The molecule has 0 aliphatic rings. The summed E-state index contributed by atoms with van der Waals surface area (Å²) in [7, 11) is 0. The summed E-state index contributed by atoms with van der Waals surface area (Å²) in [6, 6.07) is 8.39. The van der Waals surface area contributed by atoms with E-state index in [9.17, 15) is 9.59 Å². The first-order valence-corrected chi connectivity index (χ1v) is 4.78. The summed E-state index contributed by atoms with van der Waals surface area (Å²) in [5, 5.41) is 10.9. The van der Waals surface area contributed by atoms with Crippen molar-refractivity contribution >= 4 is 12.4 Å². The predicted molar refractivity (Wildman–Crippen MR) is 56.7 cm³/mol. The smallest absolute Gasteiger partial charge is 0.328 e. The minimum Gasteiger partial charge on any atom is -0.480 e. The monoisotopic (exact) mass is 223 g/mol. The van der Waals surface area contributed by atoms with Crippen molar-refractivity contribution in [3.05, 3.63) is 35.9 Å². The van der Waals surface area contributed by atoms with Gasteiger partial charge in [-0.15, -0.1) is 0 Å². The molecule has 2 N–H and O–H groups in total. The van der Waals surface area contributed by atoms with Crippen molar-refractivity contribution in [2.24, 2.45) is 0 Å². The molecule has 0 aromatic heterocycles. The van der Waals surface area contributed by atoms with Crippen LogP contribution in [0.5, 0.6) is 0 Å². The standard InChI is InChI=1S/C11H13NO4/c13-8-12-10(11(14)15)7-16-6-9-4-2-1-3-5-9/h1-5,8,10H,6-7H2,(H,12,13)(H,14,15)/t10-/m1/s1. The van der Waals surface area contributed by atoms with E-state index in [1.54, 1.807) is 0 Å². The molecule has 0 bridgehead atoms. The Hall–Kier alpha value is -1.88. The number of aliphatic carboxylic acids is 1. The maximum atomic E-state index is 10.6. The third-order valence-corrected chi connectivity index (χ3v) is 1.96. The lowest BCUT2D eigenvalue weighted by Gasteiger charge is -2.11. The summed E-state index contributed by atoms with van der Waals surface area (Å²) in [6.07, 6.45) is 0.352. The number of rotatable bonds is 7. The zero-order valence-electron chi connectivity index (χ0n) is 8.63. The summed E-state index contributed by atoms with van der Waals surface area (Å²) < 4.78 is 5.19. The summed E-state index contributed by atoms with van der Waals surface area (Å²) >= 11 is 0. The van der Waals surface area contributed by atoms with Gasteiger partial charge in [0.1, 0.15) is 6.04 Å². The second-order valence-electron chi connectivity index (χ2n) is 3.18. The van der Waals surface area contributed by atoms with Crippen molar-refractivity contribution in [2.45, 2.75) is 12.6 Å². The van der Waals surface area contributed by atoms with Gasteiger partial charge in [-0.3, -0.25) is 4.79 Å². The third kappa shape index (κ3) is 4.10. The van der Waals surface area contributed by atoms with Gasteiger partial charge in [0.2, 0.25) is 6.41 Å². The molecule has 0 heterocycles. The maximum Gasteiger partial charge on any atom is 0.328 e. The number of carboxylic acid groups (broad SMARTS) is 1. The van der Waals surface area contributed by atoms with Crippen molar-refractivity contribution in [1.82, 2.24) is 5.32 Å². The summed E-state index contributed by atoms with van der Waals surface area (Å²) in [5.41, 5.74) is 0.956. The molecule has 0 radical (unpaired) electrons. The SMILES string of the molecule is O=CN[C@H](COCc1ccccc1)C(=O)O. The minimum atomic E-state index is -1.11. The molecule has 0 unspecified atom stereocenters. The van der Waals surface area contributed by atoms with Crippen molar-refractivity contribution in [3.63, 3.8) is 0 Å². The van der Waals surface area contributed by atoms with Crippen molar-refractivity contribution in [1.29, 1.82) is 0 Å². The Labute approximate surface area is 93.0 Å². The van der Waals surface area contributed by atoms with Gasteiger partial charge in [0.05, 0.1) is 13.2 Å². The molecule has 0 fully saturated rings. The van der Waals surface area contributed by atoms with Crippen LogP contribution < -0.4 is 5.32 Å². The van der Waals surface area contributed by atoms with Gasteiger partial charge in [-0.1, -0.05) is 30.3 Å². The molecule has 1 aromatic carbocycles. The number of carbonyl (C=O) groups is 2. The summed E-state index contributed by atoms with van der Waals surface area (Å²) in [4.78, 5) is 20.8. The zero-order valence-corrected chi connectivity index (χ0v) is 8.63. The van der Waals surface area contributed by atoms with Crippen LogP contribution in [0.15, 0.2) is 30.3 Å². The molecule has 86 valence electrons. The van der Waals surface area contributed by atoms with Crippen LogP contribution >= 0.6 is 0 Å². The molecule has 0 saturated heterocycles. The van der Waals surface area contributed by atoms with E-state index < -0.39 is 12.0 Å². The Bertz CT molecular complexity index is 339. The number of hydrogen-bond donors (Lipinski definition) is 2. The highest BCUT2D eigenvalue weighted by molar-refractivity contribution is 5.76. The fourth-order valence-corrected chi connectivity index (χ4v) is 1.14. The van der Waals surface area contributed by atoms with Gasteiger partial charge in [-0.2, -0.15) is 0 Å². The van der Waals surface area contributed by atoms with Crippen LogP contribution in [0.25, 0.3) is 0 Å². The maximum absolute atomic E-state index is 10.6. The molecule has 1 aromatic rings. The molecule has 0 aliphatic carbocycles. The average Bonchev–Trinajstić information content (AvgIpc) is 2.29. The molecule has 5 heteroatoms. The second-order valence-corrected chi connectivity index (χ2v) is 3.18. The van der Waals surface area contributed by atoms with Gasteiger partial charge in [-0.25, -0.2) is 4.79 Å². The third-order valence-electron chi connectivity index (χ3n) is 1.96. The molecule has 0 spiro atoms. The normalized spacial score (nSPS) is 11.8. The number of nitrogens with one attached hydrogen (secondary N) is 1. The van der Waals surface area contributed by atoms with E-state index in [-0.39, 0.29) is 6.61 Å². The van der Waals surface area contributed by atoms with E-state index in [1.165, 1.54) is 0 Å². The van der Waals surface area contributed by atoms with Crippen LogP contribution in [-0.4, -0.2) is 30.1 Å². The van der Waals surface area contributed by atoms with Gasteiger partial charge >= 0.3 is 5.97 Å². The van der Waals surface area contributed by atoms with E-state index in [0.29, 0.717) is 13.0 Å². The predicted octanol–water partition coefficient (Wildman–Crippen LogP) is 0.402. The average molecular weight is 223 g/mol. The molecular weight excluding hydrogens is 210 g/mol. The van der Waals surface area contributed by atoms with Gasteiger partial charge in [0, 0.05) is 0 Å². The Morgan fingerprint density at radius 2 is 2.12 bits per heavy atom. The highest BCUT2D eigenvalue weighted by Gasteiger charge is 2.15. The fourth-order valence-electron chi connectivity index (χ4n) is 1.14. The Morgan fingerprint density at radius 1 is 1.44 bits per heavy atom. The van der Waals surface area contributed by atoms with Gasteiger partial charge in [0.15, 0.2) is 0 Å². The topological polar surface area (TPSA) is 75.6 Å². The number of carboxylic acids is 1. The quantitative estimate of drug-likeness (QED) is 0.656. The molecule has 5 nitrogen and oxygen atoms in total. The van der Waals surface area contributed by atoms with E-state index in [4.69, 9.17) is 9.84 Å². The molecule has 1 rings (SSSR count). The van der Waals surface area contributed by atoms with Crippen LogP contribution in [0.2, 0.25) is 0 Å². The number of amides is 1.